The van der Waals surface area contributed by atoms with E-state index >= 15 is 0 Å². The van der Waals surface area contributed by atoms with Gasteiger partial charge in [-0.15, -0.1) is 0 Å². The third-order valence-corrected chi connectivity index (χ3v) is 4.20. The summed E-state index contributed by atoms with van der Waals surface area (Å²) in [4.78, 5) is 23.0. The molecule has 0 radical (unpaired) electrons. The summed E-state index contributed by atoms with van der Waals surface area (Å²) in [7, 11) is 0. The van der Waals surface area contributed by atoms with Gasteiger partial charge in [-0.25, -0.2) is 9.59 Å². The second kappa shape index (κ2) is 17.1. The summed E-state index contributed by atoms with van der Waals surface area (Å²) in [6.45, 7) is 9.74. The fraction of sp³-hybridized carbons (Fsp3) is 0.818. The highest BCUT2D eigenvalue weighted by molar-refractivity contribution is 5.91. The van der Waals surface area contributed by atoms with Gasteiger partial charge in [0, 0.05) is 12.2 Å². The van der Waals surface area contributed by atoms with Crippen molar-refractivity contribution in [1.82, 2.24) is 0 Å². The number of carbonyl (C=O) groups excluding carboxylic acids is 2. The van der Waals surface area contributed by atoms with Crippen LogP contribution in [0.4, 0.5) is 0 Å². The number of hydrogen-bond acceptors (Lipinski definition) is 4. The molecule has 26 heavy (non-hydrogen) atoms. The average Bonchev–Trinajstić information content (AvgIpc) is 2.57. The predicted octanol–water partition coefficient (Wildman–Crippen LogP) is 5.84. The average molecular weight is 369 g/mol. The van der Waals surface area contributed by atoms with Crippen molar-refractivity contribution in [1.29, 1.82) is 0 Å². The predicted molar refractivity (Wildman–Crippen MR) is 107 cm³/mol. The van der Waals surface area contributed by atoms with Crippen LogP contribution in [0.1, 0.15) is 91.9 Å². The van der Waals surface area contributed by atoms with Gasteiger partial charge in [0.2, 0.25) is 0 Å². The molecule has 152 valence electrons. The molecule has 0 atom stereocenters. The molecule has 0 aromatic carbocycles. The van der Waals surface area contributed by atoms with Crippen molar-refractivity contribution in [3.63, 3.8) is 0 Å². The van der Waals surface area contributed by atoms with Gasteiger partial charge in [-0.1, -0.05) is 79.1 Å². The quantitative estimate of drug-likeness (QED) is 0.195. The molecule has 0 aromatic rings. The summed E-state index contributed by atoms with van der Waals surface area (Å²) in [6.07, 6.45) is 13.5. The molecule has 4 heteroatoms. The topological polar surface area (TPSA) is 52.6 Å². The summed E-state index contributed by atoms with van der Waals surface area (Å²) in [6, 6.07) is 0. The van der Waals surface area contributed by atoms with Crippen molar-refractivity contribution in [2.75, 3.05) is 13.2 Å². The van der Waals surface area contributed by atoms with E-state index < -0.39 is 11.9 Å². The molecule has 0 amide bonds. The molecule has 0 bridgehead atoms. The molecule has 0 saturated carbocycles. The fourth-order valence-electron chi connectivity index (χ4n) is 2.59. The largest absolute Gasteiger partial charge is 0.463 e. The Balaban J connectivity index is 3.51. The first-order valence-electron chi connectivity index (χ1n) is 10.4. The zero-order chi connectivity index (χ0) is 19.6. The Morgan fingerprint density at radius 1 is 0.615 bits per heavy atom. The van der Waals surface area contributed by atoms with Crippen LogP contribution >= 0.6 is 0 Å². The van der Waals surface area contributed by atoms with Crippen LogP contribution in [0.3, 0.4) is 0 Å². The molecule has 0 aliphatic carbocycles. The van der Waals surface area contributed by atoms with Crippen LogP contribution in [0.2, 0.25) is 0 Å². The minimum atomic E-state index is -0.474. The van der Waals surface area contributed by atoms with Gasteiger partial charge in [-0.3, -0.25) is 0 Å². The molecule has 0 rings (SSSR count). The van der Waals surface area contributed by atoms with Crippen molar-refractivity contribution in [3.05, 3.63) is 12.2 Å². The van der Waals surface area contributed by atoms with E-state index in [0.29, 0.717) is 13.2 Å². The molecule has 4 nitrogen and oxygen atoms in total. The van der Waals surface area contributed by atoms with E-state index in [4.69, 9.17) is 9.47 Å². The molecule has 0 aromatic heterocycles. The Hall–Kier alpha value is -1.32. The lowest BCUT2D eigenvalue weighted by Gasteiger charge is -2.05. The molecular formula is C22H40O4. The van der Waals surface area contributed by atoms with E-state index in [0.717, 1.165) is 49.7 Å². The maximum Gasteiger partial charge on any atom is 0.331 e. The third kappa shape index (κ3) is 19.0. The van der Waals surface area contributed by atoms with Gasteiger partial charge in [0.15, 0.2) is 0 Å². The van der Waals surface area contributed by atoms with Crippen LogP contribution in [0.15, 0.2) is 12.2 Å². The SMILES string of the molecule is CC(C)CCCCCCOC(=O)/C=C\C(=O)OCCCCCCC(C)C. The minimum Gasteiger partial charge on any atom is -0.463 e. The number of hydrogen-bond donors (Lipinski definition) is 0. The van der Waals surface area contributed by atoms with Crippen molar-refractivity contribution < 1.29 is 19.1 Å². The number of esters is 2. The van der Waals surface area contributed by atoms with Gasteiger partial charge >= 0.3 is 11.9 Å². The second-order valence-electron chi connectivity index (χ2n) is 7.86. The summed E-state index contributed by atoms with van der Waals surface area (Å²) in [5.74, 6) is 0.556. The second-order valence-corrected chi connectivity index (χ2v) is 7.86. The summed E-state index contributed by atoms with van der Waals surface area (Å²) in [5.41, 5.74) is 0. The van der Waals surface area contributed by atoms with Gasteiger partial charge < -0.3 is 9.47 Å². The van der Waals surface area contributed by atoms with E-state index in [9.17, 15) is 9.59 Å². The van der Waals surface area contributed by atoms with Crippen molar-refractivity contribution in [3.8, 4) is 0 Å². The summed E-state index contributed by atoms with van der Waals surface area (Å²) < 4.78 is 10.2. The van der Waals surface area contributed by atoms with Crippen LogP contribution in [0.5, 0.6) is 0 Å². The highest BCUT2D eigenvalue weighted by atomic mass is 16.5. The van der Waals surface area contributed by atoms with Gasteiger partial charge in [0.05, 0.1) is 13.2 Å². The van der Waals surface area contributed by atoms with Gasteiger partial charge in [-0.2, -0.15) is 0 Å². The highest BCUT2D eigenvalue weighted by Crippen LogP contribution is 2.10. The van der Waals surface area contributed by atoms with Crippen molar-refractivity contribution in [2.24, 2.45) is 11.8 Å². The maximum atomic E-state index is 11.5. The number of ether oxygens (including phenoxy) is 2. The van der Waals surface area contributed by atoms with E-state index in [1.807, 2.05) is 0 Å². The Bertz CT molecular complexity index is 350. The molecule has 0 unspecified atom stereocenters. The summed E-state index contributed by atoms with van der Waals surface area (Å²) >= 11 is 0. The van der Waals surface area contributed by atoms with Crippen molar-refractivity contribution in [2.45, 2.75) is 91.9 Å². The number of rotatable bonds is 16. The lowest BCUT2D eigenvalue weighted by molar-refractivity contribution is -0.140. The van der Waals surface area contributed by atoms with E-state index in [-0.39, 0.29) is 0 Å². The van der Waals surface area contributed by atoms with Gasteiger partial charge in [0.25, 0.3) is 0 Å². The van der Waals surface area contributed by atoms with Crippen LogP contribution in [-0.4, -0.2) is 25.2 Å². The maximum absolute atomic E-state index is 11.5. The Kier molecular flexibility index (Phi) is 16.2. The standard InChI is InChI=1S/C22H40O4/c1-19(2)13-9-5-7-11-17-25-21(23)15-16-22(24)26-18-12-8-6-10-14-20(3)4/h15-16,19-20H,5-14,17-18H2,1-4H3/b16-15-. The smallest absolute Gasteiger partial charge is 0.331 e. The first-order valence-corrected chi connectivity index (χ1v) is 10.4. The highest BCUT2D eigenvalue weighted by Gasteiger charge is 2.02. The third-order valence-electron chi connectivity index (χ3n) is 4.20. The molecule has 0 heterocycles. The van der Waals surface area contributed by atoms with E-state index in [2.05, 4.69) is 27.7 Å². The lowest BCUT2D eigenvalue weighted by atomic mass is 10.0. The number of carbonyl (C=O) groups is 2. The molecule has 0 saturated heterocycles. The molecule has 0 spiro atoms. The molecule has 0 aliphatic heterocycles. The van der Waals surface area contributed by atoms with Gasteiger partial charge in [0.1, 0.15) is 0 Å². The first-order chi connectivity index (χ1) is 12.4. The Morgan fingerprint density at radius 3 is 1.31 bits per heavy atom. The zero-order valence-electron chi connectivity index (χ0n) is 17.4. The van der Waals surface area contributed by atoms with Crippen LogP contribution in [0.25, 0.3) is 0 Å². The molecule has 0 N–H and O–H groups in total. The molecule has 0 aliphatic rings. The normalized spacial score (nSPS) is 11.5. The minimum absolute atomic E-state index is 0.413. The number of unbranched alkanes of at least 4 members (excludes halogenated alkanes) is 6. The first kappa shape index (κ1) is 24.7. The zero-order valence-corrected chi connectivity index (χ0v) is 17.4. The van der Waals surface area contributed by atoms with Crippen LogP contribution < -0.4 is 0 Å². The van der Waals surface area contributed by atoms with Crippen LogP contribution in [-0.2, 0) is 19.1 Å². The molecule has 0 fully saturated rings. The lowest BCUT2D eigenvalue weighted by Crippen LogP contribution is -2.06. The Labute approximate surface area is 160 Å². The van der Waals surface area contributed by atoms with E-state index in [1.54, 1.807) is 0 Å². The Morgan fingerprint density at radius 2 is 0.962 bits per heavy atom. The summed E-state index contributed by atoms with van der Waals surface area (Å²) in [5, 5.41) is 0. The molecular weight excluding hydrogens is 328 g/mol. The van der Waals surface area contributed by atoms with E-state index in [1.165, 1.54) is 38.5 Å². The van der Waals surface area contributed by atoms with Crippen molar-refractivity contribution >= 4 is 11.9 Å². The fourth-order valence-corrected chi connectivity index (χ4v) is 2.59. The van der Waals surface area contributed by atoms with Gasteiger partial charge in [-0.05, 0) is 24.7 Å². The van der Waals surface area contributed by atoms with Crippen LogP contribution in [0, 0.1) is 11.8 Å². The monoisotopic (exact) mass is 368 g/mol.